The van der Waals surface area contributed by atoms with Gasteiger partial charge < -0.3 is 30.0 Å². The predicted molar refractivity (Wildman–Crippen MR) is 183 cm³/mol. The summed E-state index contributed by atoms with van der Waals surface area (Å²) < 4.78 is 16.9. The highest BCUT2D eigenvalue weighted by molar-refractivity contribution is 6.27. The Bertz CT molecular complexity index is 1520. The Labute approximate surface area is 291 Å². The Kier molecular flexibility index (Phi) is 13.0. The molecule has 0 bridgehead atoms. The van der Waals surface area contributed by atoms with Crippen molar-refractivity contribution in [2.24, 2.45) is 11.8 Å². The van der Waals surface area contributed by atoms with Gasteiger partial charge in [0, 0.05) is 24.8 Å². The Morgan fingerprint density at radius 3 is 2.45 bits per heavy atom. The first-order valence-electron chi connectivity index (χ1n) is 16.5. The number of carbonyl (C=O) groups is 3. The second kappa shape index (κ2) is 17.5. The largest absolute Gasteiger partial charge is 0.443 e. The Hall–Kier alpha value is -4.07. The van der Waals surface area contributed by atoms with Crippen LogP contribution in [0.3, 0.4) is 0 Å². The first-order chi connectivity index (χ1) is 23.7. The summed E-state index contributed by atoms with van der Waals surface area (Å²) in [6, 6.07) is 21.2. The molecule has 2 fully saturated rings. The van der Waals surface area contributed by atoms with Crippen molar-refractivity contribution in [1.82, 2.24) is 26.1 Å². The molecule has 49 heavy (non-hydrogen) atoms. The van der Waals surface area contributed by atoms with E-state index in [4.69, 9.17) is 25.8 Å². The zero-order valence-electron chi connectivity index (χ0n) is 27.7. The van der Waals surface area contributed by atoms with Gasteiger partial charge in [-0.25, -0.2) is 9.80 Å². The van der Waals surface area contributed by atoms with Crippen molar-refractivity contribution < 1.29 is 33.7 Å². The standard InChI is InChI=1S/C36H44ClN5O7/c1-23(2)33(40-32(44)19-37)34(45)41-42(20-25-11-13-26(14-12-25)28-10-6-7-16-38-28)21-30(43)29(18-24-8-4-3-5-9-24)39-36(46)49-31-22-48-35-27(31)15-17-47-35/h3-14,16,23,27,29-31,33,35,43H,15,17-22H2,1-2H3,(H,39,46)(H,40,44)(H,41,45). The van der Waals surface area contributed by atoms with Crippen molar-refractivity contribution in [3.63, 3.8) is 0 Å². The number of carbonyl (C=O) groups excluding carboxylic acids is 3. The van der Waals surface area contributed by atoms with Crippen molar-refractivity contribution in [3.05, 3.63) is 90.1 Å². The molecule has 2 aromatic carbocycles. The van der Waals surface area contributed by atoms with E-state index in [0.717, 1.165) is 28.8 Å². The average Bonchev–Trinajstić information content (AvgIpc) is 3.73. The van der Waals surface area contributed by atoms with Gasteiger partial charge in [0.25, 0.3) is 5.91 Å². The maximum absolute atomic E-state index is 13.6. The predicted octanol–water partition coefficient (Wildman–Crippen LogP) is 3.42. The molecule has 6 unspecified atom stereocenters. The van der Waals surface area contributed by atoms with Crippen LogP contribution in [-0.4, -0.2) is 89.2 Å². The monoisotopic (exact) mass is 693 g/mol. The van der Waals surface area contributed by atoms with E-state index in [1.165, 1.54) is 0 Å². The van der Waals surface area contributed by atoms with Crippen LogP contribution in [0.25, 0.3) is 11.3 Å². The number of ether oxygens (including phenoxy) is 3. The fraction of sp³-hybridized carbons (Fsp3) is 0.444. The van der Waals surface area contributed by atoms with Gasteiger partial charge in [-0.1, -0.05) is 74.5 Å². The number of rotatable bonds is 15. The van der Waals surface area contributed by atoms with Crippen molar-refractivity contribution in [2.45, 2.75) is 63.8 Å². The van der Waals surface area contributed by atoms with Crippen LogP contribution in [0.15, 0.2) is 79.0 Å². The molecule has 262 valence electrons. The third-order valence-electron chi connectivity index (χ3n) is 8.66. The number of aliphatic hydroxyl groups excluding tert-OH is 1. The van der Waals surface area contributed by atoms with Gasteiger partial charge in [-0.2, -0.15) is 0 Å². The summed E-state index contributed by atoms with van der Waals surface area (Å²) in [6.07, 6.45) is 0.106. The molecule has 0 saturated carbocycles. The first kappa shape index (κ1) is 36.2. The molecule has 2 aliphatic heterocycles. The smallest absolute Gasteiger partial charge is 0.407 e. The van der Waals surface area contributed by atoms with E-state index in [1.807, 2.05) is 86.6 Å². The summed E-state index contributed by atoms with van der Waals surface area (Å²) in [5.74, 6) is -1.51. The van der Waals surface area contributed by atoms with Gasteiger partial charge in [0.05, 0.1) is 37.0 Å². The molecule has 5 rings (SSSR count). The lowest BCUT2D eigenvalue weighted by Crippen LogP contribution is -2.57. The number of hydrogen-bond donors (Lipinski definition) is 4. The summed E-state index contributed by atoms with van der Waals surface area (Å²) in [5.41, 5.74) is 6.39. The van der Waals surface area contributed by atoms with Gasteiger partial charge >= 0.3 is 6.09 Å². The van der Waals surface area contributed by atoms with Crippen LogP contribution in [0.5, 0.6) is 0 Å². The average molecular weight is 694 g/mol. The van der Waals surface area contributed by atoms with Crippen LogP contribution in [0, 0.1) is 11.8 Å². The van der Waals surface area contributed by atoms with Crippen LogP contribution in [0.4, 0.5) is 4.79 Å². The minimum atomic E-state index is -1.15. The number of benzene rings is 2. The minimum Gasteiger partial charge on any atom is -0.443 e. The zero-order chi connectivity index (χ0) is 34.8. The molecule has 4 N–H and O–H groups in total. The third-order valence-corrected chi connectivity index (χ3v) is 8.90. The molecule has 3 aromatic rings. The van der Waals surface area contributed by atoms with Crippen molar-refractivity contribution >= 4 is 29.5 Å². The van der Waals surface area contributed by atoms with Gasteiger partial charge in [0.2, 0.25) is 5.91 Å². The van der Waals surface area contributed by atoms with Gasteiger partial charge in [0.15, 0.2) is 6.29 Å². The minimum absolute atomic E-state index is 0.0359. The molecule has 0 aliphatic carbocycles. The second-order valence-corrected chi connectivity index (χ2v) is 12.9. The molecule has 13 heteroatoms. The highest BCUT2D eigenvalue weighted by Gasteiger charge is 2.44. The van der Waals surface area contributed by atoms with Gasteiger partial charge in [-0.3, -0.25) is 20.0 Å². The second-order valence-electron chi connectivity index (χ2n) is 12.7. The number of aliphatic hydroxyl groups is 1. The lowest BCUT2D eigenvalue weighted by Gasteiger charge is -2.32. The fourth-order valence-electron chi connectivity index (χ4n) is 6.03. The molecule has 3 heterocycles. The topological polar surface area (TPSA) is 151 Å². The van der Waals surface area contributed by atoms with E-state index in [0.29, 0.717) is 13.0 Å². The number of alkyl halides is 1. The number of hydrazine groups is 1. The van der Waals surface area contributed by atoms with Gasteiger partial charge in [-0.15, -0.1) is 11.6 Å². The van der Waals surface area contributed by atoms with Crippen LogP contribution in [0.2, 0.25) is 0 Å². The highest BCUT2D eigenvalue weighted by Crippen LogP contribution is 2.33. The number of nitrogens with one attached hydrogen (secondary N) is 3. The molecule has 2 saturated heterocycles. The number of nitrogens with zero attached hydrogens (tertiary/aromatic N) is 2. The lowest BCUT2D eigenvalue weighted by atomic mass is 10.0. The number of fused-ring (bicyclic) bond motifs is 1. The van der Waals surface area contributed by atoms with Crippen molar-refractivity contribution in [1.29, 1.82) is 0 Å². The normalized spacial score (nSPS) is 20.3. The lowest BCUT2D eigenvalue weighted by molar-refractivity contribution is -0.133. The van der Waals surface area contributed by atoms with Crippen molar-refractivity contribution in [2.75, 3.05) is 25.6 Å². The summed E-state index contributed by atoms with van der Waals surface area (Å²) in [6.45, 7) is 4.57. The summed E-state index contributed by atoms with van der Waals surface area (Å²) in [5, 5.41) is 18.8. The summed E-state index contributed by atoms with van der Waals surface area (Å²) >= 11 is 5.72. The third kappa shape index (κ3) is 10.2. The zero-order valence-corrected chi connectivity index (χ0v) is 28.4. The van der Waals surface area contributed by atoms with Crippen LogP contribution >= 0.6 is 11.6 Å². The molecular weight excluding hydrogens is 650 g/mol. The van der Waals surface area contributed by atoms with Crippen LogP contribution in [0.1, 0.15) is 31.4 Å². The highest BCUT2D eigenvalue weighted by atomic mass is 35.5. The quantitative estimate of drug-likeness (QED) is 0.139. The number of alkyl carbamates (subject to hydrolysis) is 1. The van der Waals surface area contributed by atoms with E-state index < -0.39 is 42.2 Å². The molecule has 0 spiro atoms. The Morgan fingerprint density at radius 1 is 1.00 bits per heavy atom. The van der Waals surface area contributed by atoms with E-state index in [2.05, 4.69) is 21.0 Å². The summed E-state index contributed by atoms with van der Waals surface area (Å²) in [4.78, 5) is 43.3. The van der Waals surface area contributed by atoms with Crippen LogP contribution < -0.4 is 16.1 Å². The van der Waals surface area contributed by atoms with E-state index >= 15 is 0 Å². The molecule has 3 amide bonds. The summed E-state index contributed by atoms with van der Waals surface area (Å²) in [7, 11) is 0. The van der Waals surface area contributed by atoms with Gasteiger partial charge in [0.1, 0.15) is 18.0 Å². The first-order valence-corrected chi connectivity index (χ1v) is 17.1. The van der Waals surface area contributed by atoms with E-state index in [9.17, 15) is 19.5 Å². The molecule has 2 aliphatic rings. The number of pyridine rings is 1. The number of hydrogen-bond acceptors (Lipinski definition) is 9. The molecular formula is C36H44ClN5O7. The van der Waals surface area contributed by atoms with E-state index in [-0.39, 0.29) is 43.7 Å². The van der Waals surface area contributed by atoms with E-state index in [1.54, 1.807) is 11.2 Å². The Morgan fingerprint density at radius 2 is 1.76 bits per heavy atom. The van der Waals surface area contributed by atoms with Gasteiger partial charge in [-0.05, 0) is 42.0 Å². The number of amides is 3. The maximum atomic E-state index is 13.6. The molecule has 0 radical (unpaired) electrons. The fourth-order valence-corrected chi connectivity index (χ4v) is 6.11. The Balaban J connectivity index is 1.34. The molecule has 12 nitrogen and oxygen atoms in total. The maximum Gasteiger partial charge on any atom is 0.407 e. The van der Waals surface area contributed by atoms with Crippen molar-refractivity contribution in [3.8, 4) is 11.3 Å². The van der Waals surface area contributed by atoms with Crippen LogP contribution in [-0.2, 0) is 36.8 Å². The SMILES string of the molecule is CC(C)C(NC(=O)CCl)C(=O)NN(Cc1ccc(-c2ccccn2)cc1)CC(O)C(Cc1ccccc1)NC(=O)OC1COC2OCCC12. The molecule has 1 aromatic heterocycles. The molecule has 6 atom stereocenters. The number of aromatic nitrogens is 1. The number of halogens is 1.